The molecule has 2 aromatic rings. The number of phenols is 1. The Kier molecular flexibility index (Phi) is 2.51. The summed E-state index contributed by atoms with van der Waals surface area (Å²) in [6, 6.07) is 3.72. The first kappa shape index (κ1) is 11.1. The normalized spacial score (nSPS) is 14.5. The van der Waals surface area contributed by atoms with Crippen LogP contribution in [0, 0.1) is 0 Å². The van der Waals surface area contributed by atoms with Crippen LogP contribution in [-0.2, 0) is 19.9 Å². The third-order valence-corrected chi connectivity index (χ3v) is 3.78. The number of hydrogen-bond acceptors (Lipinski definition) is 3. The second kappa shape index (κ2) is 4.05. The molecule has 4 heteroatoms. The summed E-state index contributed by atoms with van der Waals surface area (Å²) in [5, 5.41) is 14.1. The van der Waals surface area contributed by atoms with E-state index in [0.717, 1.165) is 36.0 Å². The summed E-state index contributed by atoms with van der Waals surface area (Å²) in [5.41, 5.74) is 10.5. The van der Waals surface area contributed by atoms with Crippen molar-refractivity contribution in [1.82, 2.24) is 9.78 Å². The average Bonchev–Trinajstić information content (AvgIpc) is 2.71. The van der Waals surface area contributed by atoms with Gasteiger partial charge < -0.3 is 10.8 Å². The molecule has 0 atom stereocenters. The zero-order valence-corrected chi connectivity index (χ0v) is 10.5. The van der Waals surface area contributed by atoms with Crippen LogP contribution in [-0.4, -0.2) is 14.9 Å². The van der Waals surface area contributed by atoms with Crippen molar-refractivity contribution >= 4 is 5.82 Å². The quantitative estimate of drug-likeness (QED) is 0.807. The Hall–Kier alpha value is -1.97. The van der Waals surface area contributed by atoms with Gasteiger partial charge in [0, 0.05) is 12.6 Å². The number of nitrogens with zero attached hydrogens (tertiary/aromatic N) is 2. The van der Waals surface area contributed by atoms with Crippen LogP contribution in [0.25, 0.3) is 11.1 Å². The number of nitrogens with two attached hydrogens (primary N) is 1. The second-order valence-corrected chi connectivity index (χ2v) is 4.86. The minimum absolute atomic E-state index is 0.413. The fourth-order valence-electron chi connectivity index (χ4n) is 2.76. The molecular weight excluding hydrogens is 226 g/mol. The molecule has 94 valence electrons. The smallest absolute Gasteiger partial charge is 0.129 e. The van der Waals surface area contributed by atoms with Crippen molar-refractivity contribution in [3.8, 4) is 16.9 Å². The van der Waals surface area contributed by atoms with Crippen LogP contribution in [0.1, 0.15) is 24.0 Å². The van der Waals surface area contributed by atoms with Gasteiger partial charge in [0.1, 0.15) is 11.6 Å². The summed E-state index contributed by atoms with van der Waals surface area (Å²) in [7, 11) is 1.84. The summed E-state index contributed by atoms with van der Waals surface area (Å²) < 4.78 is 1.68. The zero-order valence-electron chi connectivity index (χ0n) is 10.5. The van der Waals surface area contributed by atoms with Crippen molar-refractivity contribution < 1.29 is 5.11 Å². The van der Waals surface area contributed by atoms with Crippen LogP contribution in [0.3, 0.4) is 0 Å². The Morgan fingerprint density at radius 3 is 2.56 bits per heavy atom. The number of anilines is 1. The maximum atomic E-state index is 9.95. The van der Waals surface area contributed by atoms with E-state index in [9.17, 15) is 5.11 Å². The highest BCUT2D eigenvalue weighted by atomic mass is 16.3. The number of aromatic nitrogens is 2. The largest absolute Gasteiger partial charge is 0.508 e. The molecule has 1 heterocycles. The van der Waals surface area contributed by atoms with E-state index in [1.165, 1.54) is 12.0 Å². The Balaban J connectivity index is 2.21. The molecule has 1 aliphatic rings. The van der Waals surface area contributed by atoms with Crippen molar-refractivity contribution in [2.45, 2.75) is 25.7 Å². The van der Waals surface area contributed by atoms with Gasteiger partial charge in [-0.3, -0.25) is 4.68 Å². The second-order valence-electron chi connectivity index (χ2n) is 4.86. The summed E-state index contributed by atoms with van der Waals surface area (Å²) in [5.74, 6) is 1.09. The molecule has 18 heavy (non-hydrogen) atoms. The first-order valence-corrected chi connectivity index (χ1v) is 6.30. The van der Waals surface area contributed by atoms with Gasteiger partial charge in [-0.1, -0.05) is 6.07 Å². The number of aryl methyl sites for hydroxylation is 1. The lowest BCUT2D eigenvalue weighted by molar-refractivity contribution is 0.462. The lowest BCUT2D eigenvalue weighted by atomic mass is 9.86. The van der Waals surface area contributed by atoms with Gasteiger partial charge in [-0.2, -0.15) is 5.10 Å². The lowest BCUT2D eigenvalue weighted by Gasteiger charge is -2.20. The van der Waals surface area contributed by atoms with E-state index in [1.807, 2.05) is 13.1 Å². The van der Waals surface area contributed by atoms with Gasteiger partial charge in [-0.15, -0.1) is 0 Å². The Labute approximate surface area is 106 Å². The molecule has 0 aliphatic heterocycles. The molecule has 0 bridgehead atoms. The maximum absolute atomic E-state index is 9.95. The molecule has 0 amide bonds. The summed E-state index contributed by atoms with van der Waals surface area (Å²) in [6.45, 7) is 0. The number of phenolic OH excluding ortho intramolecular Hbond substituents is 1. The molecule has 0 fully saturated rings. The van der Waals surface area contributed by atoms with Crippen molar-refractivity contribution in [1.29, 1.82) is 0 Å². The zero-order chi connectivity index (χ0) is 12.7. The first-order chi connectivity index (χ1) is 8.68. The number of hydrogen-bond donors (Lipinski definition) is 2. The van der Waals surface area contributed by atoms with Gasteiger partial charge >= 0.3 is 0 Å². The summed E-state index contributed by atoms with van der Waals surface area (Å²) in [4.78, 5) is 0. The summed E-state index contributed by atoms with van der Waals surface area (Å²) >= 11 is 0. The molecule has 3 N–H and O–H groups in total. The molecule has 0 radical (unpaired) electrons. The van der Waals surface area contributed by atoms with E-state index in [-0.39, 0.29) is 0 Å². The first-order valence-electron chi connectivity index (χ1n) is 6.30. The van der Waals surface area contributed by atoms with Crippen LogP contribution < -0.4 is 5.73 Å². The van der Waals surface area contributed by atoms with E-state index in [1.54, 1.807) is 16.9 Å². The van der Waals surface area contributed by atoms with Crippen molar-refractivity contribution in [3.63, 3.8) is 0 Å². The predicted octanol–water partition coefficient (Wildman–Crippen LogP) is 2.25. The van der Waals surface area contributed by atoms with Crippen LogP contribution in [0.15, 0.2) is 18.3 Å². The molecule has 0 unspecified atom stereocenters. The molecule has 0 saturated carbocycles. The van der Waals surface area contributed by atoms with E-state index in [2.05, 4.69) is 5.10 Å². The number of nitrogen functional groups attached to an aromatic ring is 1. The Morgan fingerprint density at radius 1 is 1.17 bits per heavy atom. The van der Waals surface area contributed by atoms with Gasteiger partial charge in [0.15, 0.2) is 0 Å². The number of aromatic hydroxyl groups is 1. The third kappa shape index (κ3) is 1.56. The lowest BCUT2D eigenvalue weighted by Crippen LogP contribution is -2.05. The molecule has 0 spiro atoms. The molecular formula is C14H17N3O. The van der Waals surface area contributed by atoms with Crippen LogP contribution in [0.4, 0.5) is 5.82 Å². The monoisotopic (exact) mass is 243 g/mol. The van der Waals surface area contributed by atoms with E-state index >= 15 is 0 Å². The molecule has 0 saturated heterocycles. The van der Waals surface area contributed by atoms with Crippen molar-refractivity contribution in [3.05, 3.63) is 29.5 Å². The fourth-order valence-corrected chi connectivity index (χ4v) is 2.76. The van der Waals surface area contributed by atoms with Gasteiger partial charge in [-0.25, -0.2) is 0 Å². The van der Waals surface area contributed by atoms with Gasteiger partial charge in [0.05, 0.1) is 6.20 Å². The van der Waals surface area contributed by atoms with Gasteiger partial charge in [0.25, 0.3) is 0 Å². The predicted molar refractivity (Wildman–Crippen MR) is 71.4 cm³/mol. The number of fused-ring (bicyclic) bond motifs is 1. The highest BCUT2D eigenvalue weighted by molar-refractivity contribution is 5.78. The van der Waals surface area contributed by atoms with Crippen LogP contribution >= 0.6 is 0 Å². The molecule has 1 aliphatic carbocycles. The summed E-state index contributed by atoms with van der Waals surface area (Å²) in [6.07, 6.45) is 6.08. The minimum atomic E-state index is 0.413. The number of rotatable bonds is 1. The molecule has 3 rings (SSSR count). The third-order valence-electron chi connectivity index (χ3n) is 3.78. The average molecular weight is 243 g/mol. The van der Waals surface area contributed by atoms with E-state index in [0.29, 0.717) is 11.6 Å². The molecule has 1 aromatic carbocycles. The number of benzene rings is 1. The Morgan fingerprint density at radius 2 is 1.89 bits per heavy atom. The maximum Gasteiger partial charge on any atom is 0.129 e. The SMILES string of the molecule is Cn1ncc(-c2ccc(O)c3c2CCCC3)c1N. The standard InChI is InChI=1S/C14H17N3O/c1-17-14(15)12(8-16-17)10-6-7-13(18)11-5-3-2-4-9(10)11/h6-8,18H,2-5,15H2,1H3. The topological polar surface area (TPSA) is 64.1 Å². The molecule has 1 aromatic heterocycles. The van der Waals surface area contributed by atoms with E-state index < -0.39 is 0 Å². The van der Waals surface area contributed by atoms with Gasteiger partial charge in [0.2, 0.25) is 0 Å². The van der Waals surface area contributed by atoms with Crippen LogP contribution in [0.2, 0.25) is 0 Å². The fraction of sp³-hybridized carbons (Fsp3) is 0.357. The van der Waals surface area contributed by atoms with Crippen molar-refractivity contribution in [2.75, 3.05) is 5.73 Å². The van der Waals surface area contributed by atoms with Crippen molar-refractivity contribution in [2.24, 2.45) is 7.05 Å². The minimum Gasteiger partial charge on any atom is -0.508 e. The molecule has 4 nitrogen and oxygen atoms in total. The van der Waals surface area contributed by atoms with Crippen LogP contribution in [0.5, 0.6) is 5.75 Å². The van der Waals surface area contributed by atoms with E-state index in [4.69, 9.17) is 5.73 Å². The Bertz CT molecular complexity index is 601. The highest BCUT2D eigenvalue weighted by Crippen LogP contribution is 2.38. The highest BCUT2D eigenvalue weighted by Gasteiger charge is 2.19. The van der Waals surface area contributed by atoms with Gasteiger partial charge in [-0.05, 0) is 48.4 Å².